The molecule has 1 rings (SSSR count). The Morgan fingerprint density at radius 1 is 1.69 bits per heavy atom. The van der Waals surface area contributed by atoms with E-state index in [1.165, 1.54) is 0 Å². The summed E-state index contributed by atoms with van der Waals surface area (Å²) in [6, 6.07) is 0.255. The van der Waals surface area contributed by atoms with Gasteiger partial charge in [-0.3, -0.25) is 4.90 Å². The molecule has 0 saturated carbocycles. The van der Waals surface area contributed by atoms with Crippen LogP contribution in [-0.4, -0.2) is 35.7 Å². The predicted molar refractivity (Wildman–Crippen MR) is 55.8 cm³/mol. The maximum Gasteiger partial charge on any atom is 0.0587 e. The van der Waals surface area contributed by atoms with Gasteiger partial charge in [0.2, 0.25) is 0 Å². The van der Waals surface area contributed by atoms with E-state index in [0.717, 1.165) is 13.0 Å². The first kappa shape index (κ1) is 11.0. The first-order valence-electron chi connectivity index (χ1n) is 4.63. The zero-order chi connectivity index (χ0) is 10.1. The molecular weight excluding hydrogens is 186 g/mol. The summed E-state index contributed by atoms with van der Waals surface area (Å²) in [6.07, 6.45) is 1.04. The third-order valence-electron chi connectivity index (χ3n) is 2.52. The number of hydrogen-bond acceptors (Lipinski definition) is 2. The SMILES string of the molecule is C=C(Cl)CN1CC(C)(C)CC1CO. The van der Waals surface area contributed by atoms with E-state index in [2.05, 4.69) is 25.3 Å². The summed E-state index contributed by atoms with van der Waals surface area (Å²) in [5.74, 6) is 0. The fourth-order valence-electron chi connectivity index (χ4n) is 2.10. The molecule has 1 heterocycles. The minimum Gasteiger partial charge on any atom is -0.395 e. The third-order valence-corrected chi connectivity index (χ3v) is 2.64. The molecule has 0 aromatic carbocycles. The zero-order valence-electron chi connectivity index (χ0n) is 8.39. The fourth-order valence-corrected chi connectivity index (χ4v) is 2.25. The molecule has 0 radical (unpaired) electrons. The number of halogens is 1. The molecule has 0 bridgehead atoms. The molecule has 1 atom stereocenters. The standard InChI is InChI=1S/C10H18ClNO/c1-8(11)5-12-7-10(2,3)4-9(12)6-13/h9,13H,1,4-7H2,2-3H3. The highest BCUT2D eigenvalue weighted by molar-refractivity contribution is 6.29. The lowest BCUT2D eigenvalue weighted by Gasteiger charge is -2.22. The molecule has 3 heteroatoms. The molecule has 0 aromatic rings. The average Bonchev–Trinajstić information content (AvgIpc) is 2.24. The van der Waals surface area contributed by atoms with Gasteiger partial charge in [0.1, 0.15) is 0 Å². The van der Waals surface area contributed by atoms with Crippen molar-refractivity contribution >= 4 is 11.6 Å². The van der Waals surface area contributed by atoms with Gasteiger partial charge in [0.15, 0.2) is 0 Å². The summed E-state index contributed by atoms with van der Waals surface area (Å²) in [4.78, 5) is 2.20. The highest BCUT2D eigenvalue weighted by Gasteiger charge is 2.36. The van der Waals surface area contributed by atoms with E-state index in [9.17, 15) is 0 Å². The van der Waals surface area contributed by atoms with Crippen LogP contribution in [0.15, 0.2) is 11.6 Å². The molecule has 1 aliphatic heterocycles. The lowest BCUT2D eigenvalue weighted by Crippen LogP contribution is -2.33. The van der Waals surface area contributed by atoms with E-state index in [-0.39, 0.29) is 12.6 Å². The second-order valence-corrected chi connectivity index (χ2v) is 5.16. The van der Waals surface area contributed by atoms with Crippen LogP contribution < -0.4 is 0 Å². The van der Waals surface area contributed by atoms with Crippen LogP contribution in [0.2, 0.25) is 0 Å². The maximum atomic E-state index is 9.17. The van der Waals surface area contributed by atoms with Gasteiger partial charge in [-0.25, -0.2) is 0 Å². The maximum absolute atomic E-state index is 9.17. The van der Waals surface area contributed by atoms with E-state index >= 15 is 0 Å². The molecule has 1 aliphatic rings. The molecule has 0 aromatic heterocycles. The average molecular weight is 204 g/mol. The Morgan fingerprint density at radius 2 is 2.31 bits per heavy atom. The molecule has 1 N–H and O–H groups in total. The van der Waals surface area contributed by atoms with Gasteiger partial charge in [-0.05, 0) is 11.8 Å². The van der Waals surface area contributed by atoms with Crippen LogP contribution in [0.25, 0.3) is 0 Å². The van der Waals surface area contributed by atoms with Crippen LogP contribution in [0.4, 0.5) is 0 Å². The Hall–Kier alpha value is -0.0500. The second-order valence-electron chi connectivity index (χ2n) is 4.63. The zero-order valence-corrected chi connectivity index (χ0v) is 9.14. The normalized spacial score (nSPS) is 27.8. The Balaban J connectivity index is 2.58. The number of likely N-dealkylation sites (tertiary alicyclic amines) is 1. The largest absolute Gasteiger partial charge is 0.395 e. The Bertz CT molecular complexity index is 203. The third kappa shape index (κ3) is 2.97. The van der Waals surface area contributed by atoms with Crippen LogP contribution in [0.3, 0.4) is 0 Å². The van der Waals surface area contributed by atoms with Crippen molar-refractivity contribution in [2.24, 2.45) is 5.41 Å². The van der Waals surface area contributed by atoms with Crippen molar-refractivity contribution in [2.45, 2.75) is 26.3 Å². The predicted octanol–water partition coefficient (Wildman–Crippen LogP) is 1.83. The van der Waals surface area contributed by atoms with E-state index < -0.39 is 0 Å². The number of hydrogen-bond donors (Lipinski definition) is 1. The topological polar surface area (TPSA) is 23.5 Å². The van der Waals surface area contributed by atoms with Crippen molar-refractivity contribution in [1.29, 1.82) is 0 Å². The molecule has 1 fully saturated rings. The highest BCUT2D eigenvalue weighted by Crippen LogP contribution is 2.34. The van der Waals surface area contributed by atoms with Crippen molar-refractivity contribution in [1.82, 2.24) is 4.90 Å². The lowest BCUT2D eigenvalue weighted by molar-refractivity contribution is 0.169. The van der Waals surface area contributed by atoms with Crippen molar-refractivity contribution in [3.05, 3.63) is 11.6 Å². The van der Waals surface area contributed by atoms with Crippen LogP contribution >= 0.6 is 11.6 Å². The molecule has 2 nitrogen and oxygen atoms in total. The first-order valence-corrected chi connectivity index (χ1v) is 5.00. The van der Waals surface area contributed by atoms with Gasteiger partial charge in [0.25, 0.3) is 0 Å². The summed E-state index contributed by atoms with van der Waals surface area (Å²) in [6.45, 7) is 10.0. The molecule has 0 aliphatic carbocycles. The van der Waals surface area contributed by atoms with Crippen molar-refractivity contribution in [3.63, 3.8) is 0 Å². The lowest BCUT2D eigenvalue weighted by atomic mass is 9.91. The smallest absolute Gasteiger partial charge is 0.0587 e. The number of aliphatic hydroxyl groups is 1. The molecule has 0 spiro atoms. The minimum atomic E-state index is 0.216. The summed E-state index contributed by atoms with van der Waals surface area (Å²) < 4.78 is 0. The monoisotopic (exact) mass is 203 g/mol. The summed E-state index contributed by atoms with van der Waals surface area (Å²) in [7, 11) is 0. The summed E-state index contributed by atoms with van der Waals surface area (Å²) >= 11 is 5.76. The van der Waals surface area contributed by atoms with Gasteiger partial charge in [0.05, 0.1) is 6.61 Å². The quantitative estimate of drug-likeness (QED) is 0.757. The molecule has 13 heavy (non-hydrogen) atoms. The van der Waals surface area contributed by atoms with Crippen molar-refractivity contribution in [3.8, 4) is 0 Å². The van der Waals surface area contributed by atoms with Crippen LogP contribution in [-0.2, 0) is 0 Å². The molecule has 1 saturated heterocycles. The first-order chi connectivity index (χ1) is 5.94. The number of nitrogens with zero attached hydrogens (tertiary/aromatic N) is 1. The van der Waals surface area contributed by atoms with Gasteiger partial charge in [-0.15, -0.1) is 0 Å². The summed E-state index contributed by atoms with van der Waals surface area (Å²) in [5, 5.41) is 9.82. The van der Waals surface area contributed by atoms with E-state index in [0.29, 0.717) is 17.0 Å². The summed E-state index contributed by atoms with van der Waals surface area (Å²) in [5.41, 5.74) is 0.291. The van der Waals surface area contributed by atoms with Crippen molar-refractivity contribution in [2.75, 3.05) is 19.7 Å². The Kier molecular flexibility index (Phi) is 3.38. The van der Waals surface area contributed by atoms with Gasteiger partial charge < -0.3 is 5.11 Å². The van der Waals surface area contributed by atoms with E-state index in [4.69, 9.17) is 16.7 Å². The molecule has 0 amide bonds. The van der Waals surface area contributed by atoms with Crippen LogP contribution in [0.1, 0.15) is 20.3 Å². The number of rotatable bonds is 3. The van der Waals surface area contributed by atoms with Crippen LogP contribution in [0.5, 0.6) is 0 Å². The minimum absolute atomic E-state index is 0.216. The van der Waals surface area contributed by atoms with Crippen LogP contribution in [0, 0.1) is 5.41 Å². The Labute approximate surface area is 85.2 Å². The van der Waals surface area contributed by atoms with Gasteiger partial charge >= 0.3 is 0 Å². The molecule has 76 valence electrons. The highest BCUT2D eigenvalue weighted by atomic mass is 35.5. The number of aliphatic hydroxyl groups excluding tert-OH is 1. The fraction of sp³-hybridized carbons (Fsp3) is 0.800. The molecule has 1 unspecified atom stereocenters. The van der Waals surface area contributed by atoms with E-state index in [1.54, 1.807) is 0 Å². The van der Waals surface area contributed by atoms with Gasteiger partial charge in [-0.2, -0.15) is 0 Å². The second kappa shape index (κ2) is 3.99. The Morgan fingerprint density at radius 3 is 2.77 bits per heavy atom. The van der Waals surface area contributed by atoms with Crippen molar-refractivity contribution < 1.29 is 5.11 Å². The van der Waals surface area contributed by atoms with Gasteiger partial charge in [-0.1, -0.05) is 32.0 Å². The van der Waals surface area contributed by atoms with Gasteiger partial charge in [0, 0.05) is 24.2 Å². The molecular formula is C10H18ClNO. The van der Waals surface area contributed by atoms with E-state index in [1.807, 2.05) is 0 Å².